The van der Waals surface area contributed by atoms with Gasteiger partial charge in [-0.25, -0.2) is 8.78 Å². The molecule has 0 aliphatic carbocycles. The molecule has 2 nitrogen and oxygen atoms in total. The van der Waals surface area contributed by atoms with Crippen LogP contribution in [0.3, 0.4) is 0 Å². The van der Waals surface area contributed by atoms with Crippen molar-refractivity contribution in [1.82, 2.24) is 5.32 Å². The fourth-order valence-corrected chi connectivity index (χ4v) is 1.63. The van der Waals surface area contributed by atoms with Gasteiger partial charge in [0, 0.05) is 13.1 Å². The topological polar surface area (TPSA) is 21.3 Å². The molecule has 0 fully saturated rings. The van der Waals surface area contributed by atoms with Crippen LogP contribution in [0.4, 0.5) is 8.78 Å². The van der Waals surface area contributed by atoms with Crippen molar-refractivity contribution in [3.63, 3.8) is 0 Å². The predicted octanol–water partition coefficient (Wildman–Crippen LogP) is 3.13. The molecule has 0 aliphatic heterocycles. The summed E-state index contributed by atoms with van der Waals surface area (Å²) in [5, 5.41) is 3.14. The van der Waals surface area contributed by atoms with Gasteiger partial charge in [-0.1, -0.05) is 24.3 Å². The summed E-state index contributed by atoms with van der Waals surface area (Å²) in [6.07, 6.45) is 0. The average molecular weight is 263 g/mol. The third kappa shape index (κ3) is 4.34. The number of ether oxygens (including phenoxy) is 1. The number of rotatable bonds is 6. The zero-order chi connectivity index (χ0) is 13.5. The Bertz CT molecular complexity index is 514. The van der Waals surface area contributed by atoms with Gasteiger partial charge in [0.1, 0.15) is 12.4 Å². The summed E-state index contributed by atoms with van der Waals surface area (Å²) in [6, 6.07) is 12.6. The Hall–Kier alpha value is -1.94. The van der Waals surface area contributed by atoms with E-state index in [0.29, 0.717) is 19.7 Å². The first-order chi connectivity index (χ1) is 9.25. The molecule has 0 aliphatic rings. The maximum atomic E-state index is 13.2. The summed E-state index contributed by atoms with van der Waals surface area (Å²) >= 11 is 0. The van der Waals surface area contributed by atoms with Crippen LogP contribution in [0.5, 0.6) is 5.75 Å². The minimum atomic E-state index is -0.360. The second-order valence-corrected chi connectivity index (χ2v) is 4.08. The summed E-state index contributed by atoms with van der Waals surface area (Å²) in [7, 11) is 0. The normalized spacial score (nSPS) is 10.4. The molecule has 0 heterocycles. The van der Waals surface area contributed by atoms with Gasteiger partial charge in [-0.15, -0.1) is 0 Å². The van der Waals surface area contributed by atoms with Crippen LogP contribution in [0.25, 0.3) is 0 Å². The molecule has 100 valence electrons. The van der Waals surface area contributed by atoms with Crippen LogP contribution in [-0.2, 0) is 6.54 Å². The fraction of sp³-hybridized carbons (Fsp3) is 0.200. The second kappa shape index (κ2) is 6.85. The Balaban J connectivity index is 1.67. The largest absolute Gasteiger partial charge is 0.489 e. The molecule has 4 heteroatoms. The summed E-state index contributed by atoms with van der Waals surface area (Å²) in [5.41, 5.74) is 0.993. The fourth-order valence-electron chi connectivity index (χ4n) is 1.63. The summed E-state index contributed by atoms with van der Waals surface area (Å²) in [5.74, 6) is -0.348. The Morgan fingerprint density at radius 1 is 0.947 bits per heavy atom. The molecule has 0 radical (unpaired) electrons. The second-order valence-electron chi connectivity index (χ2n) is 4.08. The lowest BCUT2D eigenvalue weighted by Crippen LogP contribution is -2.20. The van der Waals surface area contributed by atoms with Crippen molar-refractivity contribution in [2.45, 2.75) is 6.54 Å². The zero-order valence-corrected chi connectivity index (χ0v) is 10.4. The molecule has 2 rings (SSSR count). The zero-order valence-electron chi connectivity index (χ0n) is 10.4. The number of halogens is 2. The molecule has 0 bridgehead atoms. The molecule has 0 amide bonds. The molecular formula is C15H15F2NO. The van der Waals surface area contributed by atoms with Crippen molar-refractivity contribution in [3.8, 4) is 5.75 Å². The van der Waals surface area contributed by atoms with Crippen LogP contribution >= 0.6 is 0 Å². The lowest BCUT2D eigenvalue weighted by molar-refractivity contribution is 0.298. The van der Waals surface area contributed by atoms with E-state index in [0.717, 1.165) is 5.56 Å². The standard InChI is InChI=1S/C15H15F2NO/c16-13-7-5-12(6-8-13)11-18-9-10-19-15-4-2-1-3-14(15)17/h1-8,18H,9-11H2. The van der Waals surface area contributed by atoms with Crippen LogP contribution < -0.4 is 10.1 Å². The molecular weight excluding hydrogens is 248 g/mol. The molecule has 0 saturated carbocycles. The summed E-state index contributed by atoms with van der Waals surface area (Å²) < 4.78 is 31.2. The highest BCUT2D eigenvalue weighted by atomic mass is 19.1. The van der Waals surface area contributed by atoms with Crippen LogP contribution in [0.2, 0.25) is 0 Å². The highest BCUT2D eigenvalue weighted by Crippen LogP contribution is 2.14. The van der Waals surface area contributed by atoms with Gasteiger partial charge in [0.15, 0.2) is 11.6 Å². The van der Waals surface area contributed by atoms with Crippen LogP contribution in [0.1, 0.15) is 5.56 Å². The van der Waals surface area contributed by atoms with Gasteiger partial charge in [-0.05, 0) is 29.8 Å². The molecule has 1 N–H and O–H groups in total. The number of benzene rings is 2. The lowest BCUT2D eigenvalue weighted by Gasteiger charge is -2.08. The first kappa shape index (κ1) is 13.5. The molecule has 0 atom stereocenters. The number of para-hydroxylation sites is 1. The van der Waals surface area contributed by atoms with Gasteiger partial charge in [0.05, 0.1) is 0 Å². The maximum Gasteiger partial charge on any atom is 0.165 e. The number of hydrogen-bond acceptors (Lipinski definition) is 2. The van der Waals surface area contributed by atoms with Crippen LogP contribution in [0.15, 0.2) is 48.5 Å². The van der Waals surface area contributed by atoms with Gasteiger partial charge in [0.2, 0.25) is 0 Å². The Morgan fingerprint density at radius 3 is 2.42 bits per heavy atom. The Morgan fingerprint density at radius 2 is 1.68 bits per heavy atom. The van der Waals surface area contributed by atoms with Crippen molar-refractivity contribution in [3.05, 3.63) is 65.7 Å². The van der Waals surface area contributed by atoms with E-state index < -0.39 is 0 Å². The van der Waals surface area contributed by atoms with E-state index in [-0.39, 0.29) is 17.4 Å². The van der Waals surface area contributed by atoms with E-state index in [2.05, 4.69) is 5.32 Å². The SMILES string of the molecule is Fc1ccc(CNCCOc2ccccc2F)cc1. The van der Waals surface area contributed by atoms with Gasteiger partial charge >= 0.3 is 0 Å². The van der Waals surface area contributed by atoms with Gasteiger partial charge in [0.25, 0.3) is 0 Å². The average Bonchev–Trinajstić information content (AvgIpc) is 2.42. The van der Waals surface area contributed by atoms with Crippen molar-refractivity contribution >= 4 is 0 Å². The Labute approximate surface area is 111 Å². The highest BCUT2D eigenvalue weighted by Gasteiger charge is 2.00. The molecule has 0 unspecified atom stereocenters. The van der Waals surface area contributed by atoms with Gasteiger partial charge in [-0.3, -0.25) is 0 Å². The molecule has 2 aromatic rings. The van der Waals surface area contributed by atoms with E-state index in [1.165, 1.54) is 18.2 Å². The smallest absolute Gasteiger partial charge is 0.165 e. The molecule has 0 saturated heterocycles. The molecule has 19 heavy (non-hydrogen) atoms. The number of hydrogen-bond donors (Lipinski definition) is 1. The van der Waals surface area contributed by atoms with E-state index in [1.54, 1.807) is 30.3 Å². The van der Waals surface area contributed by atoms with Crippen molar-refractivity contribution in [1.29, 1.82) is 0 Å². The van der Waals surface area contributed by atoms with E-state index in [1.807, 2.05) is 0 Å². The first-order valence-corrected chi connectivity index (χ1v) is 6.08. The lowest BCUT2D eigenvalue weighted by atomic mass is 10.2. The van der Waals surface area contributed by atoms with Crippen molar-refractivity contribution in [2.24, 2.45) is 0 Å². The van der Waals surface area contributed by atoms with Gasteiger partial charge in [-0.2, -0.15) is 0 Å². The van der Waals surface area contributed by atoms with E-state index in [9.17, 15) is 8.78 Å². The van der Waals surface area contributed by atoms with Crippen molar-refractivity contribution < 1.29 is 13.5 Å². The molecule has 0 spiro atoms. The first-order valence-electron chi connectivity index (χ1n) is 6.08. The summed E-state index contributed by atoms with van der Waals surface area (Å²) in [6.45, 7) is 1.59. The third-order valence-electron chi connectivity index (χ3n) is 2.62. The summed E-state index contributed by atoms with van der Waals surface area (Å²) in [4.78, 5) is 0. The highest BCUT2D eigenvalue weighted by molar-refractivity contribution is 5.23. The predicted molar refractivity (Wildman–Crippen MR) is 70.0 cm³/mol. The van der Waals surface area contributed by atoms with Gasteiger partial charge < -0.3 is 10.1 Å². The maximum absolute atomic E-state index is 13.2. The monoisotopic (exact) mass is 263 g/mol. The van der Waals surface area contributed by atoms with Crippen LogP contribution in [0, 0.1) is 11.6 Å². The van der Waals surface area contributed by atoms with E-state index in [4.69, 9.17) is 4.74 Å². The Kier molecular flexibility index (Phi) is 4.86. The minimum Gasteiger partial charge on any atom is -0.489 e. The van der Waals surface area contributed by atoms with E-state index >= 15 is 0 Å². The van der Waals surface area contributed by atoms with Crippen LogP contribution in [-0.4, -0.2) is 13.2 Å². The minimum absolute atomic E-state index is 0.244. The molecule has 0 aromatic heterocycles. The third-order valence-corrected chi connectivity index (χ3v) is 2.62. The van der Waals surface area contributed by atoms with Crippen molar-refractivity contribution in [2.75, 3.05) is 13.2 Å². The number of nitrogens with one attached hydrogen (secondary N) is 1. The quantitative estimate of drug-likeness (QED) is 0.808. The molecule has 2 aromatic carbocycles.